The van der Waals surface area contributed by atoms with Gasteiger partial charge in [-0.25, -0.2) is 4.39 Å². The van der Waals surface area contributed by atoms with Crippen molar-refractivity contribution in [3.05, 3.63) is 35.6 Å². The van der Waals surface area contributed by atoms with Gasteiger partial charge in [-0.1, -0.05) is 18.2 Å². The summed E-state index contributed by atoms with van der Waals surface area (Å²) in [6.07, 6.45) is 0. The maximum absolute atomic E-state index is 13.7. The third-order valence-electron chi connectivity index (χ3n) is 3.54. The van der Waals surface area contributed by atoms with Crippen LogP contribution in [0, 0.1) is 5.82 Å². The van der Waals surface area contributed by atoms with Crippen molar-refractivity contribution in [1.29, 1.82) is 0 Å². The topological polar surface area (TPSA) is 38.5 Å². The summed E-state index contributed by atoms with van der Waals surface area (Å²) >= 11 is 0. The highest BCUT2D eigenvalue weighted by atomic mass is 19.1. The van der Waals surface area contributed by atoms with Gasteiger partial charge in [0.2, 0.25) is 0 Å². The molecule has 0 amide bonds. The first kappa shape index (κ1) is 13.5. The number of benzene rings is 1. The van der Waals surface area contributed by atoms with Crippen LogP contribution in [-0.2, 0) is 4.74 Å². The molecular formula is C14H21FN2O. The monoisotopic (exact) mass is 252 g/mol. The Balaban J connectivity index is 2.07. The number of ether oxygens (including phenoxy) is 1. The molecule has 1 aromatic carbocycles. The van der Waals surface area contributed by atoms with E-state index in [0.29, 0.717) is 25.3 Å². The van der Waals surface area contributed by atoms with Crippen LogP contribution in [0.25, 0.3) is 0 Å². The smallest absolute Gasteiger partial charge is 0.128 e. The SMILES string of the molecule is CC1(C)COCCN1CC(N)c1ccccc1F. The Kier molecular flexibility index (Phi) is 4.00. The first-order valence-corrected chi connectivity index (χ1v) is 6.33. The second-order valence-corrected chi connectivity index (χ2v) is 5.44. The van der Waals surface area contributed by atoms with Gasteiger partial charge in [-0.15, -0.1) is 0 Å². The summed E-state index contributed by atoms with van der Waals surface area (Å²) in [7, 11) is 0. The van der Waals surface area contributed by atoms with Gasteiger partial charge in [-0.3, -0.25) is 4.90 Å². The van der Waals surface area contributed by atoms with E-state index >= 15 is 0 Å². The van der Waals surface area contributed by atoms with Gasteiger partial charge in [0.15, 0.2) is 0 Å². The second-order valence-electron chi connectivity index (χ2n) is 5.44. The number of hydrogen-bond acceptors (Lipinski definition) is 3. The average Bonchev–Trinajstić information content (AvgIpc) is 2.32. The van der Waals surface area contributed by atoms with E-state index in [9.17, 15) is 4.39 Å². The van der Waals surface area contributed by atoms with E-state index in [1.54, 1.807) is 12.1 Å². The molecule has 1 aliphatic rings. The lowest BCUT2D eigenvalue weighted by molar-refractivity contribution is -0.0532. The Morgan fingerprint density at radius 3 is 2.83 bits per heavy atom. The number of rotatable bonds is 3. The molecule has 100 valence electrons. The highest BCUT2D eigenvalue weighted by molar-refractivity contribution is 5.21. The normalized spacial score (nSPS) is 21.8. The van der Waals surface area contributed by atoms with Gasteiger partial charge in [0, 0.05) is 30.2 Å². The standard InChI is InChI=1S/C14H21FN2O/c1-14(2)10-18-8-7-17(14)9-13(16)11-5-3-4-6-12(11)15/h3-6,13H,7-10,16H2,1-2H3. The fourth-order valence-corrected chi connectivity index (χ4v) is 2.34. The lowest BCUT2D eigenvalue weighted by atomic mass is 9.99. The highest BCUT2D eigenvalue weighted by Gasteiger charge is 2.31. The van der Waals surface area contributed by atoms with Crippen LogP contribution in [0.4, 0.5) is 4.39 Å². The molecule has 2 N–H and O–H groups in total. The fraction of sp³-hybridized carbons (Fsp3) is 0.571. The quantitative estimate of drug-likeness (QED) is 0.893. The Labute approximate surface area is 108 Å². The molecule has 1 aliphatic heterocycles. The lowest BCUT2D eigenvalue weighted by Crippen LogP contribution is -2.54. The summed E-state index contributed by atoms with van der Waals surface area (Å²) in [5.74, 6) is -0.226. The summed E-state index contributed by atoms with van der Waals surface area (Å²) in [6.45, 7) is 7.15. The number of morpholine rings is 1. The van der Waals surface area contributed by atoms with Crippen molar-refractivity contribution in [1.82, 2.24) is 4.90 Å². The molecule has 0 bridgehead atoms. The molecule has 1 atom stereocenters. The summed E-state index contributed by atoms with van der Waals surface area (Å²) in [4.78, 5) is 2.27. The summed E-state index contributed by atoms with van der Waals surface area (Å²) in [5, 5.41) is 0. The minimum atomic E-state index is -0.302. The van der Waals surface area contributed by atoms with Gasteiger partial charge >= 0.3 is 0 Å². The maximum Gasteiger partial charge on any atom is 0.128 e. The van der Waals surface area contributed by atoms with Gasteiger partial charge in [0.1, 0.15) is 5.82 Å². The predicted molar refractivity (Wildman–Crippen MR) is 69.8 cm³/mol. The van der Waals surface area contributed by atoms with Crippen molar-refractivity contribution in [2.75, 3.05) is 26.3 Å². The van der Waals surface area contributed by atoms with Crippen LogP contribution in [-0.4, -0.2) is 36.7 Å². The maximum atomic E-state index is 13.7. The van der Waals surface area contributed by atoms with E-state index in [0.717, 1.165) is 6.54 Å². The largest absolute Gasteiger partial charge is 0.378 e. The van der Waals surface area contributed by atoms with Gasteiger partial charge in [-0.05, 0) is 19.9 Å². The zero-order chi connectivity index (χ0) is 13.2. The first-order valence-electron chi connectivity index (χ1n) is 6.33. The molecule has 18 heavy (non-hydrogen) atoms. The molecule has 0 aromatic heterocycles. The van der Waals surface area contributed by atoms with E-state index in [4.69, 9.17) is 10.5 Å². The molecule has 1 fully saturated rings. The first-order chi connectivity index (χ1) is 8.50. The molecule has 1 aromatic rings. The van der Waals surface area contributed by atoms with Crippen LogP contribution >= 0.6 is 0 Å². The number of halogens is 1. The molecule has 1 saturated heterocycles. The zero-order valence-electron chi connectivity index (χ0n) is 11.0. The van der Waals surface area contributed by atoms with Crippen LogP contribution in [0.5, 0.6) is 0 Å². The fourth-order valence-electron chi connectivity index (χ4n) is 2.34. The molecule has 1 unspecified atom stereocenters. The van der Waals surface area contributed by atoms with E-state index < -0.39 is 0 Å². The summed E-state index contributed by atoms with van der Waals surface area (Å²) in [6, 6.07) is 6.42. The van der Waals surface area contributed by atoms with Crippen molar-refractivity contribution >= 4 is 0 Å². The molecular weight excluding hydrogens is 231 g/mol. The summed E-state index contributed by atoms with van der Waals surface area (Å²) < 4.78 is 19.1. The minimum absolute atomic E-state index is 0.0405. The van der Waals surface area contributed by atoms with Crippen molar-refractivity contribution in [3.8, 4) is 0 Å². The highest BCUT2D eigenvalue weighted by Crippen LogP contribution is 2.23. The van der Waals surface area contributed by atoms with Gasteiger partial charge in [0.05, 0.1) is 13.2 Å². The molecule has 1 heterocycles. The van der Waals surface area contributed by atoms with Crippen molar-refractivity contribution in [2.24, 2.45) is 5.73 Å². The lowest BCUT2D eigenvalue weighted by Gasteiger charge is -2.43. The van der Waals surface area contributed by atoms with E-state index in [1.807, 2.05) is 6.07 Å². The molecule has 0 saturated carbocycles. The van der Waals surface area contributed by atoms with Crippen LogP contribution in [0.2, 0.25) is 0 Å². The van der Waals surface area contributed by atoms with Crippen molar-refractivity contribution in [3.63, 3.8) is 0 Å². The predicted octanol–water partition coefficient (Wildman–Crippen LogP) is 1.94. The number of nitrogens with two attached hydrogens (primary N) is 1. The van der Waals surface area contributed by atoms with Gasteiger partial charge < -0.3 is 10.5 Å². The Morgan fingerprint density at radius 2 is 2.17 bits per heavy atom. The second kappa shape index (κ2) is 5.34. The molecule has 0 spiro atoms. The van der Waals surface area contributed by atoms with E-state index in [1.165, 1.54) is 6.07 Å². The van der Waals surface area contributed by atoms with Crippen LogP contribution in [0.3, 0.4) is 0 Å². The minimum Gasteiger partial charge on any atom is -0.378 e. The Hall–Kier alpha value is -0.970. The van der Waals surface area contributed by atoms with Gasteiger partial charge in [-0.2, -0.15) is 0 Å². The molecule has 0 radical (unpaired) electrons. The Morgan fingerprint density at radius 1 is 1.44 bits per heavy atom. The molecule has 4 heteroatoms. The summed E-state index contributed by atoms with van der Waals surface area (Å²) in [5.41, 5.74) is 6.67. The number of nitrogens with zero attached hydrogens (tertiary/aromatic N) is 1. The van der Waals surface area contributed by atoms with Crippen LogP contribution < -0.4 is 5.73 Å². The third kappa shape index (κ3) is 2.88. The zero-order valence-corrected chi connectivity index (χ0v) is 11.0. The Bertz CT molecular complexity index is 409. The molecule has 3 nitrogen and oxygen atoms in total. The molecule has 2 rings (SSSR count). The average molecular weight is 252 g/mol. The van der Waals surface area contributed by atoms with Crippen LogP contribution in [0.15, 0.2) is 24.3 Å². The van der Waals surface area contributed by atoms with E-state index in [-0.39, 0.29) is 17.4 Å². The van der Waals surface area contributed by atoms with E-state index in [2.05, 4.69) is 18.7 Å². The third-order valence-corrected chi connectivity index (χ3v) is 3.54. The van der Waals surface area contributed by atoms with Crippen molar-refractivity contribution < 1.29 is 9.13 Å². The van der Waals surface area contributed by atoms with Gasteiger partial charge in [0.25, 0.3) is 0 Å². The van der Waals surface area contributed by atoms with Crippen LogP contribution in [0.1, 0.15) is 25.5 Å². The van der Waals surface area contributed by atoms with Crippen molar-refractivity contribution in [2.45, 2.75) is 25.4 Å². The molecule has 0 aliphatic carbocycles. The number of hydrogen-bond donors (Lipinski definition) is 1.